The van der Waals surface area contributed by atoms with Crippen molar-refractivity contribution in [2.45, 2.75) is 19.8 Å². The average molecular weight is 217 g/mol. The Bertz CT molecular complexity index is 393. The van der Waals surface area contributed by atoms with Gasteiger partial charge in [0.15, 0.2) is 0 Å². The van der Waals surface area contributed by atoms with Gasteiger partial charge < -0.3 is 10.2 Å². The molecular formula is C9H9F2NO3. The lowest BCUT2D eigenvalue weighted by atomic mass is 10.1. The van der Waals surface area contributed by atoms with Crippen LogP contribution in [-0.4, -0.2) is 21.2 Å². The molecular weight excluding hydrogens is 208 g/mol. The molecule has 0 fully saturated rings. The van der Waals surface area contributed by atoms with Crippen LogP contribution >= 0.6 is 0 Å². The fraction of sp³-hybridized carbons (Fsp3) is 0.333. The van der Waals surface area contributed by atoms with Crippen molar-refractivity contribution in [2.75, 3.05) is 0 Å². The Balaban J connectivity index is 3.15. The largest absolute Gasteiger partial charge is 0.506 e. The first-order valence-corrected chi connectivity index (χ1v) is 4.10. The van der Waals surface area contributed by atoms with Crippen molar-refractivity contribution in [3.63, 3.8) is 0 Å². The number of halogens is 2. The zero-order chi connectivity index (χ0) is 11.6. The fourth-order valence-electron chi connectivity index (χ4n) is 1.15. The number of rotatable bonds is 3. The van der Waals surface area contributed by atoms with Gasteiger partial charge in [-0.3, -0.25) is 9.78 Å². The Morgan fingerprint density at radius 1 is 1.60 bits per heavy atom. The quantitative estimate of drug-likeness (QED) is 0.807. The molecule has 15 heavy (non-hydrogen) atoms. The molecule has 0 radical (unpaired) electrons. The molecule has 0 unspecified atom stereocenters. The van der Waals surface area contributed by atoms with E-state index in [1.807, 2.05) is 0 Å². The number of aliphatic carboxylic acids is 1. The van der Waals surface area contributed by atoms with Crippen LogP contribution in [0.1, 0.15) is 23.2 Å². The molecule has 0 saturated heterocycles. The van der Waals surface area contributed by atoms with Gasteiger partial charge in [-0.15, -0.1) is 0 Å². The van der Waals surface area contributed by atoms with E-state index in [2.05, 4.69) is 4.98 Å². The highest BCUT2D eigenvalue weighted by molar-refractivity contribution is 5.71. The summed E-state index contributed by atoms with van der Waals surface area (Å²) in [5.41, 5.74) is -0.367. The smallest absolute Gasteiger partial charge is 0.307 e. The van der Waals surface area contributed by atoms with Gasteiger partial charge in [0, 0.05) is 6.20 Å². The number of carboxylic acids is 1. The molecule has 1 aromatic heterocycles. The molecule has 0 aromatic carbocycles. The van der Waals surface area contributed by atoms with Crippen molar-refractivity contribution in [1.82, 2.24) is 4.98 Å². The van der Waals surface area contributed by atoms with Crippen molar-refractivity contribution >= 4 is 5.97 Å². The van der Waals surface area contributed by atoms with Crippen LogP contribution in [0.25, 0.3) is 0 Å². The summed E-state index contributed by atoms with van der Waals surface area (Å²) in [6.45, 7) is 1.38. The maximum Gasteiger partial charge on any atom is 0.307 e. The maximum atomic E-state index is 12.3. The van der Waals surface area contributed by atoms with Crippen LogP contribution in [-0.2, 0) is 11.2 Å². The minimum Gasteiger partial charge on any atom is -0.506 e. The first kappa shape index (κ1) is 11.4. The molecule has 0 atom stereocenters. The van der Waals surface area contributed by atoms with E-state index in [1.165, 1.54) is 6.92 Å². The SMILES string of the molecule is Cc1c(CC(=O)O)cnc(C(F)F)c1O. The Hall–Kier alpha value is -1.72. The van der Waals surface area contributed by atoms with E-state index >= 15 is 0 Å². The second-order valence-corrected chi connectivity index (χ2v) is 3.01. The molecule has 0 amide bonds. The summed E-state index contributed by atoms with van der Waals surface area (Å²) in [4.78, 5) is 13.7. The highest BCUT2D eigenvalue weighted by atomic mass is 19.3. The topological polar surface area (TPSA) is 70.4 Å². The molecule has 0 spiro atoms. The van der Waals surface area contributed by atoms with Gasteiger partial charge in [-0.25, -0.2) is 8.78 Å². The number of nitrogens with zero attached hydrogens (tertiary/aromatic N) is 1. The summed E-state index contributed by atoms with van der Waals surface area (Å²) in [5, 5.41) is 17.8. The summed E-state index contributed by atoms with van der Waals surface area (Å²) < 4.78 is 24.5. The summed E-state index contributed by atoms with van der Waals surface area (Å²) in [5.74, 6) is -1.74. The van der Waals surface area contributed by atoms with Gasteiger partial charge in [0.2, 0.25) is 0 Å². The minimum atomic E-state index is -2.87. The number of pyridine rings is 1. The third-order valence-electron chi connectivity index (χ3n) is 1.99. The Kier molecular flexibility index (Phi) is 3.18. The van der Waals surface area contributed by atoms with Crippen molar-refractivity contribution in [3.05, 3.63) is 23.0 Å². The number of aromatic hydroxyl groups is 1. The number of carboxylic acid groups (broad SMARTS) is 1. The molecule has 0 aliphatic heterocycles. The Morgan fingerprint density at radius 3 is 2.67 bits per heavy atom. The molecule has 6 heteroatoms. The van der Waals surface area contributed by atoms with Gasteiger partial charge >= 0.3 is 5.97 Å². The highest BCUT2D eigenvalue weighted by Crippen LogP contribution is 2.30. The standard InChI is InChI=1S/C9H9F2NO3/c1-4-5(2-6(13)14)3-12-7(8(4)15)9(10)11/h3,9,15H,2H2,1H3,(H,13,14). The van der Waals surface area contributed by atoms with Crippen LogP contribution < -0.4 is 0 Å². The molecule has 0 bridgehead atoms. The van der Waals surface area contributed by atoms with E-state index in [0.29, 0.717) is 0 Å². The van der Waals surface area contributed by atoms with Crippen LogP contribution in [0.15, 0.2) is 6.20 Å². The van der Waals surface area contributed by atoms with Gasteiger partial charge in [-0.1, -0.05) is 0 Å². The number of hydrogen-bond donors (Lipinski definition) is 2. The molecule has 0 saturated carbocycles. The molecule has 1 aromatic rings. The Labute approximate surface area is 84.2 Å². The summed E-state index contributed by atoms with van der Waals surface area (Å²) in [6, 6.07) is 0. The lowest BCUT2D eigenvalue weighted by Gasteiger charge is -2.08. The van der Waals surface area contributed by atoms with Crippen LogP contribution in [0.4, 0.5) is 8.78 Å². The first-order valence-electron chi connectivity index (χ1n) is 4.10. The van der Waals surface area contributed by atoms with E-state index < -0.39 is 23.8 Å². The number of hydrogen-bond acceptors (Lipinski definition) is 3. The predicted octanol–water partition coefficient (Wildman–Crippen LogP) is 1.66. The number of alkyl halides is 2. The normalized spacial score (nSPS) is 10.7. The minimum absolute atomic E-state index is 0.128. The van der Waals surface area contributed by atoms with Gasteiger partial charge in [0.05, 0.1) is 6.42 Å². The van der Waals surface area contributed by atoms with Crippen LogP contribution in [0.5, 0.6) is 5.75 Å². The van der Waals surface area contributed by atoms with E-state index in [0.717, 1.165) is 6.20 Å². The van der Waals surface area contributed by atoms with E-state index in [1.54, 1.807) is 0 Å². The van der Waals surface area contributed by atoms with Gasteiger partial charge in [-0.2, -0.15) is 0 Å². The molecule has 4 nitrogen and oxygen atoms in total. The van der Waals surface area contributed by atoms with Crippen molar-refractivity contribution < 1.29 is 23.8 Å². The van der Waals surface area contributed by atoms with Crippen LogP contribution in [0.3, 0.4) is 0 Å². The van der Waals surface area contributed by atoms with Crippen molar-refractivity contribution in [3.8, 4) is 5.75 Å². The van der Waals surface area contributed by atoms with E-state index in [-0.39, 0.29) is 17.5 Å². The second kappa shape index (κ2) is 4.20. The van der Waals surface area contributed by atoms with E-state index in [9.17, 15) is 18.7 Å². The predicted molar refractivity (Wildman–Crippen MR) is 46.9 cm³/mol. The lowest BCUT2D eigenvalue weighted by Crippen LogP contribution is -2.04. The molecule has 1 heterocycles. The first-order chi connectivity index (χ1) is 6.93. The van der Waals surface area contributed by atoms with Crippen LogP contribution in [0.2, 0.25) is 0 Å². The lowest BCUT2D eigenvalue weighted by molar-refractivity contribution is -0.136. The maximum absolute atomic E-state index is 12.3. The van der Waals surface area contributed by atoms with Gasteiger partial charge in [0.1, 0.15) is 11.4 Å². The van der Waals surface area contributed by atoms with Crippen molar-refractivity contribution in [1.29, 1.82) is 0 Å². The summed E-state index contributed by atoms with van der Waals surface area (Å²) in [6.07, 6.45) is -2.18. The molecule has 1 rings (SSSR count). The summed E-state index contributed by atoms with van der Waals surface area (Å²) in [7, 11) is 0. The second-order valence-electron chi connectivity index (χ2n) is 3.01. The van der Waals surface area contributed by atoms with Crippen LogP contribution in [0, 0.1) is 6.92 Å². The number of carbonyl (C=O) groups is 1. The molecule has 82 valence electrons. The zero-order valence-corrected chi connectivity index (χ0v) is 7.87. The van der Waals surface area contributed by atoms with Gasteiger partial charge in [-0.05, 0) is 18.1 Å². The van der Waals surface area contributed by atoms with Crippen molar-refractivity contribution in [2.24, 2.45) is 0 Å². The highest BCUT2D eigenvalue weighted by Gasteiger charge is 2.18. The third-order valence-corrected chi connectivity index (χ3v) is 1.99. The molecule has 0 aliphatic rings. The third kappa shape index (κ3) is 2.39. The fourth-order valence-corrected chi connectivity index (χ4v) is 1.15. The number of aromatic nitrogens is 1. The monoisotopic (exact) mass is 217 g/mol. The average Bonchev–Trinajstić information content (AvgIpc) is 2.12. The molecule has 2 N–H and O–H groups in total. The Morgan fingerprint density at radius 2 is 2.20 bits per heavy atom. The van der Waals surface area contributed by atoms with E-state index in [4.69, 9.17) is 5.11 Å². The summed E-state index contributed by atoms with van der Waals surface area (Å²) >= 11 is 0. The zero-order valence-electron chi connectivity index (χ0n) is 7.87. The molecule has 0 aliphatic carbocycles. The van der Waals surface area contributed by atoms with Gasteiger partial charge in [0.25, 0.3) is 6.43 Å².